The molecule has 1 atom stereocenters. The Morgan fingerprint density at radius 3 is 2.53 bits per heavy atom. The number of carbonyl (C=O) groups is 3. The molecule has 0 fully saturated rings. The molecule has 0 aromatic heterocycles. The molecule has 0 aliphatic carbocycles. The number of nitrogens with zero attached hydrogens (tertiary/aromatic N) is 1. The van der Waals surface area contributed by atoms with Crippen molar-refractivity contribution in [1.29, 1.82) is 5.26 Å². The van der Waals surface area contributed by atoms with E-state index < -0.39 is 30.4 Å². The van der Waals surface area contributed by atoms with Gasteiger partial charge in [-0.1, -0.05) is 0 Å². The first-order valence-corrected chi connectivity index (χ1v) is 5.17. The Kier molecular flexibility index (Phi) is 7.32. The summed E-state index contributed by atoms with van der Waals surface area (Å²) in [7, 11) is 1.30. The number of imide groups is 1. The lowest BCUT2D eigenvalue weighted by molar-refractivity contribution is -0.139. The van der Waals surface area contributed by atoms with Gasteiger partial charge in [0.05, 0.1) is 12.5 Å². The summed E-state index contributed by atoms with van der Waals surface area (Å²) < 4.78 is 0. The van der Waals surface area contributed by atoms with E-state index in [-0.39, 0.29) is 12.1 Å². The van der Waals surface area contributed by atoms with Crippen LogP contribution in [0.15, 0.2) is 11.8 Å². The molecule has 0 aromatic carbocycles. The zero-order valence-electron chi connectivity index (χ0n) is 10.1. The number of carbonyl (C=O) groups excluding carboxylic acids is 2. The van der Waals surface area contributed by atoms with E-state index in [1.165, 1.54) is 7.05 Å². The minimum atomic E-state index is -1.17. The molecule has 0 bridgehead atoms. The molecule has 0 aliphatic heterocycles. The van der Waals surface area contributed by atoms with Gasteiger partial charge >= 0.3 is 12.0 Å². The van der Waals surface area contributed by atoms with Gasteiger partial charge in [-0.25, -0.2) is 4.79 Å². The lowest BCUT2D eigenvalue weighted by atomic mass is 10.2. The van der Waals surface area contributed by atoms with Crippen LogP contribution < -0.4 is 16.0 Å². The van der Waals surface area contributed by atoms with E-state index in [0.717, 1.165) is 6.20 Å². The van der Waals surface area contributed by atoms with Gasteiger partial charge < -0.3 is 20.8 Å². The molecule has 0 aliphatic rings. The van der Waals surface area contributed by atoms with Gasteiger partial charge in [0.25, 0.3) is 5.91 Å². The van der Waals surface area contributed by atoms with Gasteiger partial charge in [0.15, 0.2) is 0 Å². The maximum absolute atomic E-state index is 11.3. The van der Waals surface area contributed by atoms with Crippen LogP contribution in [0.5, 0.6) is 0 Å². The number of carboxylic acids is 1. The minimum Gasteiger partial charge on any atom is -0.481 e. The predicted octanol–water partition coefficient (Wildman–Crippen LogP) is -1.73. The van der Waals surface area contributed by atoms with Crippen molar-refractivity contribution in [2.75, 3.05) is 13.6 Å². The summed E-state index contributed by atoms with van der Waals surface area (Å²) in [5.74, 6) is -2.08. The Balaban J connectivity index is 4.34. The average Bonchev–Trinajstić information content (AvgIpc) is 2.33. The van der Waals surface area contributed by atoms with Crippen molar-refractivity contribution in [3.05, 3.63) is 11.8 Å². The standard InChI is InChI=1S/C10H14N4O5/c1-12-10(19)14-9(18)6(3-11)4-13-5-7(15)2-8(16)17/h4,7,13,15H,2,5H2,1H3,(H,16,17)(H2,12,14,18,19)/b6-4+/t7-/m0/s1. The number of nitrogens with one attached hydrogen (secondary N) is 3. The van der Waals surface area contributed by atoms with E-state index in [4.69, 9.17) is 10.4 Å². The van der Waals surface area contributed by atoms with Crippen LogP contribution in [-0.2, 0) is 9.59 Å². The molecule has 0 heterocycles. The van der Waals surface area contributed by atoms with E-state index >= 15 is 0 Å². The highest BCUT2D eigenvalue weighted by Gasteiger charge is 2.12. The van der Waals surface area contributed by atoms with Crippen molar-refractivity contribution >= 4 is 17.9 Å². The van der Waals surface area contributed by atoms with Crippen LogP contribution >= 0.6 is 0 Å². The third kappa shape index (κ3) is 7.35. The van der Waals surface area contributed by atoms with E-state index in [1.54, 1.807) is 6.07 Å². The smallest absolute Gasteiger partial charge is 0.321 e. The second-order valence-corrected chi connectivity index (χ2v) is 3.36. The first kappa shape index (κ1) is 16.4. The Morgan fingerprint density at radius 1 is 1.42 bits per heavy atom. The average molecular weight is 270 g/mol. The van der Waals surface area contributed by atoms with E-state index in [9.17, 15) is 19.5 Å². The molecule has 3 amide bonds. The molecular weight excluding hydrogens is 256 g/mol. The van der Waals surface area contributed by atoms with Gasteiger partial charge in [-0.2, -0.15) is 5.26 Å². The molecule has 104 valence electrons. The van der Waals surface area contributed by atoms with Gasteiger partial charge in [-0.3, -0.25) is 14.9 Å². The first-order chi connectivity index (χ1) is 8.90. The number of urea groups is 1. The molecule has 5 N–H and O–H groups in total. The van der Waals surface area contributed by atoms with Crippen LogP contribution in [0.1, 0.15) is 6.42 Å². The van der Waals surface area contributed by atoms with Crippen molar-refractivity contribution in [2.24, 2.45) is 0 Å². The molecule has 0 spiro atoms. The highest BCUT2D eigenvalue weighted by molar-refractivity contribution is 6.05. The molecule has 9 nitrogen and oxygen atoms in total. The van der Waals surface area contributed by atoms with E-state index in [0.29, 0.717) is 0 Å². The third-order valence-electron chi connectivity index (χ3n) is 1.83. The number of hydrogen-bond donors (Lipinski definition) is 5. The van der Waals surface area contributed by atoms with Crippen molar-refractivity contribution in [3.8, 4) is 6.07 Å². The summed E-state index contributed by atoms with van der Waals surface area (Å²) in [6.07, 6.45) is -0.632. The summed E-state index contributed by atoms with van der Waals surface area (Å²) in [5, 5.41) is 32.7. The molecular formula is C10H14N4O5. The van der Waals surface area contributed by atoms with Crippen molar-refractivity contribution in [1.82, 2.24) is 16.0 Å². The SMILES string of the molecule is CNC(=O)NC(=O)/C(C#N)=C/NC[C@@H](O)CC(=O)O. The Morgan fingerprint density at radius 2 is 2.05 bits per heavy atom. The quantitative estimate of drug-likeness (QED) is 0.284. The fourth-order valence-corrected chi connectivity index (χ4v) is 0.952. The Bertz CT molecular complexity index is 426. The summed E-state index contributed by atoms with van der Waals surface area (Å²) in [5.41, 5.74) is -0.383. The summed E-state index contributed by atoms with van der Waals surface area (Å²) in [6, 6.07) is 0.788. The number of rotatable bonds is 6. The fourth-order valence-electron chi connectivity index (χ4n) is 0.952. The van der Waals surface area contributed by atoms with Crippen LogP contribution in [0, 0.1) is 11.3 Å². The second-order valence-electron chi connectivity index (χ2n) is 3.36. The number of aliphatic hydroxyl groups is 1. The normalized spacial score (nSPS) is 11.9. The maximum Gasteiger partial charge on any atom is 0.321 e. The monoisotopic (exact) mass is 270 g/mol. The molecule has 19 heavy (non-hydrogen) atoms. The Labute approximate surface area is 108 Å². The highest BCUT2D eigenvalue weighted by Crippen LogP contribution is 1.93. The lowest BCUT2D eigenvalue weighted by Gasteiger charge is -2.07. The topological polar surface area (TPSA) is 152 Å². The van der Waals surface area contributed by atoms with Crippen LogP contribution in [0.4, 0.5) is 4.79 Å². The number of carboxylic acid groups (broad SMARTS) is 1. The number of aliphatic carboxylic acids is 1. The number of nitriles is 1. The highest BCUT2D eigenvalue weighted by atomic mass is 16.4. The molecule has 0 saturated carbocycles. The molecule has 0 radical (unpaired) electrons. The number of amides is 3. The van der Waals surface area contributed by atoms with Crippen molar-refractivity contribution in [2.45, 2.75) is 12.5 Å². The molecule has 9 heteroatoms. The van der Waals surface area contributed by atoms with Crippen LogP contribution in [0.25, 0.3) is 0 Å². The first-order valence-electron chi connectivity index (χ1n) is 5.17. The zero-order valence-corrected chi connectivity index (χ0v) is 10.1. The Hall–Kier alpha value is -2.60. The fraction of sp³-hybridized carbons (Fsp3) is 0.400. The molecule has 0 saturated heterocycles. The second kappa shape index (κ2) is 8.48. The van der Waals surface area contributed by atoms with Crippen LogP contribution in [0.3, 0.4) is 0 Å². The van der Waals surface area contributed by atoms with Gasteiger partial charge in [-0.05, 0) is 0 Å². The lowest BCUT2D eigenvalue weighted by Crippen LogP contribution is -2.38. The third-order valence-corrected chi connectivity index (χ3v) is 1.83. The van der Waals surface area contributed by atoms with Gasteiger partial charge in [0.1, 0.15) is 11.6 Å². The van der Waals surface area contributed by atoms with E-state index in [1.807, 2.05) is 5.32 Å². The summed E-state index contributed by atoms with van der Waals surface area (Å²) >= 11 is 0. The van der Waals surface area contributed by atoms with Crippen LogP contribution in [0.2, 0.25) is 0 Å². The maximum atomic E-state index is 11.3. The summed E-state index contributed by atoms with van der Waals surface area (Å²) in [4.78, 5) is 32.4. The van der Waals surface area contributed by atoms with E-state index in [2.05, 4.69) is 10.6 Å². The van der Waals surface area contributed by atoms with Crippen molar-refractivity contribution < 1.29 is 24.6 Å². The summed E-state index contributed by atoms with van der Waals surface area (Å²) in [6.45, 7) is -0.148. The van der Waals surface area contributed by atoms with Gasteiger partial charge in [0, 0.05) is 19.8 Å². The van der Waals surface area contributed by atoms with Gasteiger partial charge in [0.2, 0.25) is 0 Å². The minimum absolute atomic E-state index is 0.148. The number of hydrogen-bond acceptors (Lipinski definition) is 6. The molecule has 0 rings (SSSR count). The molecule has 0 aromatic rings. The molecule has 0 unspecified atom stereocenters. The number of aliphatic hydroxyl groups excluding tert-OH is 1. The predicted molar refractivity (Wildman–Crippen MR) is 62.6 cm³/mol. The largest absolute Gasteiger partial charge is 0.481 e. The van der Waals surface area contributed by atoms with Crippen LogP contribution in [-0.4, -0.2) is 47.8 Å². The zero-order chi connectivity index (χ0) is 14.8. The van der Waals surface area contributed by atoms with Gasteiger partial charge in [-0.15, -0.1) is 0 Å². The van der Waals surface area contributed by atoms with Crippen molar-refractivity contribution in [3.63, 3.8) is 0 Å².